The lowest BCUT2D eigenvalue weighted by Gasteiger charge is -2.09. The highest BCUT2D eigenvalue weighted by Crippen LogP contribution is 2.27. The van der Waals surface area contributed by atoms with Crippen molar-refractivity contribution >= 4 is 11.7 Å². The van der Waals surface area contributed by atoms with Crippen LogP contribution in [0.5, 0.6) is 23.0 Å². The fraction of sp³-hybridized carbons (Fsp3) is 0.0714. The van der Waals surface area contributed by atoms with Gasteiger partial charge in [-0.05, 0) is 29.8 Å². The van der Waals surface area contributed by atoms with Crippen LogP contribution >= 0.6 is 0 Å². The predicted molar refractivity (Wildman–Crippen MR) is 75.4 cm³/mol. The summed E-state index contributed by atoms with van der Waals surface area (Å²) in [6.07, 6.45) is 0. The first kappa shape index (κ1) is 14.3. The van der Waals surface area contributed by atoms with Gasteiger partial charge in [0.1, 0.15) is 0 Å². The average Bonchev–Trinajstić information content (AvgIpc) is 2.44. The maximum atomic E-state index is 11.7. The van der Waals surface area contributed by atoms with Crippen molar-refractivity contribution < 1.29 is 25.2 Å². The Morgan fingerprint density at radius 1 is 0.857 bits per heavy atom. The van der Waals surface area contributed by atoms with E-state index in [9.17, 15) is 20.1 Å². The number of carbonyl (C=O) groups is 1. The van der Waals surface area contributed by atoms with Crippen molar-refractivity contribution in [3.05, 3.63) is 42.0 Å². The normalized spacial score (nSPS) is 10.1. The molecule has 0 atom stereocenters. The number of carbonyl (C=O) groups excluding carboxylic acids is 1. The van der Waals surface area contributed by atoms with Crippen LogP contribution in [-0.4, -0.2) is 26.5 Å². The maximum Gasteiger partial charge on any atom is 0.319 e. The summed E-state index contributed by atoms with van der Waals surface area (Å²) >= 11 is 0. The van der Waals surface area contributed by atoms with Crippen LogP contribution in [0.2, 0.25) is 0 Å². The molecular weight excluding hydrogens is 276 g/mol. The van der Waals surface area contributed by atoms with Gasteiger partial charge in [0.2, 0.25) is 0 Å². The maximum absolute atomic E-state index is 11.7. The van der Waals surface area contributed by atoms with Gasteiger partial charge in [-0.2, -0.15) is 0 Å². The molecule has 7 nitrogen and oxygen atoms in total. The van der Waals surface area contributed by atoms with Crippen LogP contribution in [0.25, 0.3) is 0 Å². The van der Waals surface area contributed by atoms with Crippen molar-refractivity contribution in [3.63, 3.8) is 0 Å². The third-order valence-electron chi connectivity index (χ3n) is 2.73. The number of phenols is 4. The van der Waals surface area contributed by atoms with E-state index < -0.39 is 6.03 Å². The molecule has 7 heteroatoms. The number of rotatable bonds is 3. The number of phenolic OH excluding ortho intramolecular Hbond substituents is 4. The molecule has 0 aromatic heterocycles. The Labute approximate surface area is 120 Å². The fourth-order valence-electron chi connectivity index (χ4n) is 1.64. The summed E-state index contributed by atoms with van der Waals surface area (Å²) in [7, 11) is 0. The first-order valence-electron chi connectivity index (χ1n) is 6.03. The number of hydrogen-bond donors (Lipinski definition) is 6. The van der Waals surface area contributed by atoms with Crippen molar-refractivity contribution in [1.82, 2.24) is 5.32 Å². The van der Waals surface area contributed by atoms with Crippen LogP contribution in [0, 0.1) is 0 Å². The van der Waals surface area contributed by atoms with Gasteiger partial charge in [-0.1, -0.05) is 6.07 Å². The van der Waals surface area contributed by atoms with Crippen LogP contribution in [-0.2, 0) is 6.54 Å². The summed E-state index contributed by atoms with van der Waals surface area (Å²) in [6.45, 7) is 0.143. The Kier molecular flexibility index (Phi) is 4.03. The first-order valence-corrected chi connectivity index (χ1v) is 6.03. The molecule has 0 unspecified atom stereocenters. The molecule has 0 fully saturated rings. The van der Waals surface area contributed by atoms with E-state index in [4.69, 9.17) is 5.11 Å². The molecule has 0 spiro atoms. The van der Waals surface area contributed by atoms with E-state index in [2.05, 4.69) is 10.6 Å². The SMILES string of the molecule is O=C(NCc1ccc(O)c(O)c1)Nc1ccc(O)c(O)c1. The van der Waals surface area contributed by atoms with E-state index in [-0.39, 0.29) is 29.5 Å². The fourth-order valence-corrected chi connectivity index (χ4v) is 1.64. The van der Waals surface area contributed by atoms with Crippen molar-refractivity contribution in [3.8, 4) is 23.0 Å². The second-order valence-electron chi connectivity index (χ2n) is 4.33. The summed E-state index contributed by atoms with van der Waals surface area (Å²) < 4.78 is 0. The third-order valence-corrected chi connectivity index (χ3v) is 2.73. The zero-order valence-electron chi connectivity index (χ0n) is 10.9. The highest BCUT2D eigenvalue weighted by Gasteiger charge is 2.06. The molecule has 0 radical (unpaired) electrons. The van der Waals surface area contributed by atoms with Crippen LogP contribution in [0.1, 0.15) is 5.56 Å². The second kappa shape index (κ2) is 5.91. The van der Waals surface area contributed by atoms with Gasteiger partial charge >= 0.3 is 6.03 Å². The number of amides is 2. The Morgan fingerprint density at radius 3 is 2.10 bits per heavy atom. The van der Waals surface area contributed by atoms with Crippen LogP contribution in [0.4, 0.5) is 10.5 Å². The Morgan fingerprint density at radius 2 is 1.48 bits per heavy atom. The molecule has 0 aliphatic rings. The lowest BCUT2D eigenvalue weighted by atomic mass is 10.2. The van der Waals surface area contributed by atoms with E-state index in [1.807, 2.05) is 0 Å². The third kappa shape index (κ3) is 3.69. The molecule has 0 aliphatic heterocycles. The quantitative estimate of drug-likeness (QED) is 0.380. The number of urea groups is 1. The Balaban J connectivity index is 1.92. The van der Waals surface area contributed by atoms with Crippen molar-refractivity contribution in [1.29, 1.82) is 0 Å². The van der Waals surface area contributed by atoms with Crippen LogP contribution < -0.4 is 10.6 Å². The zero-order valence-corrected chi connectivity index (χ0v) is 10.9. The molecule has 0 heterocycles. The van der Waals surface area contributed by atoms with E-state index >= 15 is 0 Å². The summed E-state index contributed by atoms with van der Waals surface area (Å²) in [5.74, 6) is -1.11. The number of nitrogens with one attached hydrogen (secondary N) is 2. The molecule has 2 amide bonds. The molecule has 110 valence electrons. The standard InChI is InChI=1S/C14H14N2O5/c17-10-3-1-8(5-12(10)19)7-15-14(21)16-9-2-4-11(18)13(20)6-9/h1-6,17-20H,7H2,(H2,15,16,21). The number of aromatic hydroxyl groups is 4. The van der Waals surface area contributed by atoms with Gasteiger partial charge < -0.3 is 31.1 Å². The van der Waals surface area contributed by atoms with E-state index in [1.165, 1.54) is 30.3 Å². The highest BCUT2D eigenvalue weighted by atomic mass is 16.3. The largest absolute Gasteiger partial charge is 0.504 e. The minimum Gasteiger partial charge on any atom is -0.504 e. The minimum absolute atomic E-state index is 0.143. The average molecular weight is 290 g/mol. The van der Waals surface area contributed by atoms with Gasteiger partial charge in [-0.15, -0.1) is 0 Å². The zero-order chi connectivity index (χ0) is 15.4. The highest BCUT2D eigenvalue weighted by molar-refractivity contribution is 5.89. The Hall–Kier alpha value is -3.09. The molecule has 0 aliphatic carbocycles. The summed E-state index contributed by atoms with van der Waals surface area (Å²) in [6, 6.07) is 7.59. The minimum atomic E-state index is -0.521. The number of hydrogen-bond acceptors (Lipinski definition) is 5. The molecule has 0 saturated heterocycles. The summed E-state index contributed by atoms with van der Waals surface area (Å²) in [5, 5.41) is 42.0. The topological polar surface area (TPSA) is 122 Å². The molecule has 6 N–H and O–H groups in total. The van der Waals surface area contributed by atoms with E-state index in [0.29, 0.717) is 11.3 Å². The van der Waals surface area contributed by atoms with Gasteiger partial charge in [-0.25, -0.2) is 4.79 Å². The van der Waals surface area contributed by atoms with E-state index in [0.717, 1.165) is 0 Å². The monoisotopic (exact) mass is 290 g/mol. The summed E-state index contributed by atoms with van der Waals surface area (Å²) in [5.41, 5.74) is 0.922. The molecule has 2 aromatic rings. The van der Waals surface area contributed by atoms with Gasteiger partial charge in [0, 0.05) is 18.3 Å². The van der Waals surface area contributed by atoms with Gasteiger partial charge in [0.25, 0.3) is 0 Å². The van der Waals surface area contributed by atoms with Gasteiger partial charge in [-0.3, -0.25) is 0 Å². The molecule has 21 heavy (non-hydrogen) atoms. The van der Waals surface area contributed by atoms with Crippen molar-refractivity contribution in [2.45, 2.75) is 6.54 Å². The van der Waals surface area contributed by atoms with Crippen LogP contribution in [0.3, 0.4) is 0 Å². The molecule has 0 bridgehead atoms. The van der Waals surface area contributed by atoms with E-state index in [1.54, 1.807) is 6.07 Å². The smallest absolute Gasteiger partial charge is 0.319 e. The van der Waals surface area contributed by atoms with Gasteiger partial charge in [0.15, 0.2) is 23.0 Å². The van der Waals surface area contributed by atoms with Crippen molar-refractivity contribution in [2.75, 3.05) is 5.32 Å². The van der Waals surface area contributed by atoms with Crippen molar-refractivity contribution in [2.24, 2.45) is 0 Å². The molecule has 2 rings (SSSR count). The lowest BCUT2D eigenvalue weighted by Crippen LogP contribution is -2.28. The molecule has 2 aromatic carbocycles. The number of anilines is 1. The van der Waals surface area contributed by atoms with Crippen LogP contribution in [0.15, 0.2) is 36.4 Å². The molecular formula is C14H14N2O5. The lowest BCUT2D eigenvalue weighted by molar-refractivity contribution is 0.251. The number of benzene rings is 2. The second-order valence-corrected chi connectivity index (χ2v) is 4.33. The van der Waals surface area contributed by atoms with Gasteiger partial charge in [0.05, 0.1) is 0 Å². The summed E-state index contributed by atoms with van der Waals surface area (Å²) in [4.78, 5) is 11.7. The first-order chi connectivity index (χ1) is 9.95. The predicted octanol–water partition coefficient (Wildman–Crippen LogP) is 1.83. The molecule has 0 saturated carbocycles. The Bertz CT molecular complexity index is 672.